The molecule has 0 spiro atoms. The predicted molar refractivity (Wildman–Crippen MR) is 109 cm³/mol. The van der Waals surface area contributed by atoms with E-state index in [4.69, 9.17) is 4.74 Å². The molecule has 0 bridgehead atoms. The zero-order valence-electron chi connectivity index (χ0n) is 17.6. The minimum atomic E-state index is -0.589. The number of rotatable bonds is 6. The van der Waals surface area contributed by atoms with E-state index >= 15 is 0 Å². The number of aryl methyl sites for hydroxylation is 1. The molecule has 0 aliphatic carbocycles. The standard InChI is InChI=1S/C21H28N4O4/c1-6-24(16-10-8-7-9-14(16)2)20(27)17-13-15-18(25(17)11-12-29-5)22(3)21(28)23(4)19(15)26/h7-10,13,15,18H,6,11-12H2,1-5H3. The fourth-order valence-corrected chi connectivity index (χ4v) is 4.07. The first kappa shape index (κ1) is 20.9. The van der Waals surface area contributed by atoms with Gasteiger partial charge in [-0.15, -0.1) is 0 Å². The first-order valence-electron chi connectivity index (χ1n) is 9.72. The van der Waals surface area contributed by atoms with Crippen molar-refractivity contribution in [1.82, 2.24) is 14.7 Å². The van der Waals surface area contributed by atoms with Crippen LogP contribution in [0.25, 0.3) is 0 Å². The molecule has 2 atom stereocenters. The van der Waals surface area contributed by atoms with Crippen molar-refractivity contribution < 1.29 is 19.1 Å². The van der Waals surface area contributed by atoms with Gasteiger partial charge in [0.05, 0.1) is 12.5 Å². The van der Waals surface area contributed by atoms with E-state index in [1.807, 2.05) is 43.0 Å². The van der Waals surface area contributed by atoms with E-state index in [1.165, 1.54) is 11.9 Å². The van der Waals surface area contributed by atoms with E-state index in [0.717, 1.165) is 16.2 Å². The van der Waals surface area contributed by atoms with Gasteiger partial charge in [0.15, 0.2) is 0 Å². The van der Waals surface area contributed by atoms with Gasteiger partial charge in [-0.3, -0.25) is 14.5 Å². The van der Waals surface area contributed by atoms with Gasteiger partial charge >= 0.3 is 6.03 Å². The van der Waals surface area contributed by atoms with Crippen LogP contribution in [-0.4, -0.2) is 79.6 Å². The smallest absolute Gasteiger partial charge is 0.327 e. The number of imide groups is 1. The Morgan fingerprint density at radius 3 is 2.52 bits per heavy atom. The van der Waals surface area contributed by atoms with E-state index < -0.39 is 12.1 Å². The van der Waals surface area contributed by atoms with Crippen LogP contribution in [0.4, 0.5) is 10.5 Å². The first-order chi connectivity index (χ1) is 13.8. The summed E-state index contributed by atoms with van der Waals surface area (Å²) in [5.41, 5.74) is 2.24. The highest BCUT2D eigenvalue weighted by Gasteiger charge is 2.50. The van der Waals surface area contributed by atoms with Gasteiger partial charge in [-0.1, -0.05) is 18.2 Å². The van der Waals surface area contributed by atoms with Crippen LogP contribution >= 0.6 is 0 Å². The predicted octanol–water partition coefficient (Wildman–Crippen LogP) is 1.66. The van der Waals surface area contributed by atoms with Crippen LogP contribution in [0.1, 0.15) is 12.5 Å². The van der Waals surface area contributed by atoms with E-state index in [1.54, 1.807) is 25.1 Å². The third-order valence-corrected chi connectivity index (χ3v) is 5.61. The molecule has 2 heterocycles. The molecule has 0 aromatic heterocycles. The summed E-state index contributed by atoms with van der Waals surface area (Å²) in [5, 5.41) is 0. The van der Waals surface area contributed by atoms with Crippen molar-refractivity contribution in [1.29, 1.82) is 0 Å². The van der Waals surface area contributed by atoms with Crippen molar-refractivity contribution in [3.63, 3.8) is 0 Å². The zero-order chi connectivity index (χ0) is 21.3. The normalized spacial score (nSPS) is 21.4. The van der Waals surface area contributed by atoms with Crippen molar-refractivity contribution in [2.45, 2.75) is 20.0 Å². The van der Waals surface area contributed by atoms with E-state index in [-0.39, 0.29) is 17.8 Å². The number of hydrogen-bond acceptors (Lipinski definition) is 5. The van der Waals surface area contributed by atoms with Crippen LogP contribution in [0.3, 0.4) is 0 Å². The summed E-state index contributed by atoms with van der Waals surface area (Å²) in [6.07, 6.45) is 1.17. The maximum Gasteiger partial charge on any atom is 0.327 e. The highest BCUT2D eigenvalue weighted by atomic mass is 16.5. The summed E-state index contributed by atoms with van der Waals surface area (Å²) in [6, 6.07) is 7.32. The SMILES string of the molecule is CCN(C(=O)C1=CC2C(=O)N(C)C(=O)N(C)C2N1CCOC)c1ccccc1C. The Labute approximate surface area is 171 Å². The number of carbonyl (C=O) groups excluding carboxylic acids is 3. The Balaban J connectivity index is 2.01. The van der Waals surface area contributed by atoms with Crippen molar-refractivity contribution in [3.8, 4) is 0 Å². The Kier molecular flexibility index (Phi) is 5.93. The second kappa shape index (κ2) is 8.24. The molecule has 0 saturated carbocycles. The van der Waals surface area contributed by atoms with E-state index in [2.05, 4.69) is 0 Å². The second-order valence-corrected chi connectivity index (χ2v) is 7.30. The lowest BCUT2D eigenvalue weighted by atomic mass is 10.0. The van der Waals surface area contributed by atoms with Gasteiger partial charge in [-0.25, -0.2) is 4.79 Å². The number of anilines is 1. The molecule has 3 rings (SSSR count). The average molecular weight is 400 g/mol. The molecule has 8 heteroatoms. The summed E-state index contributed by atoms with van der Waals surface area (Å²) in [4.78, 5) is 45.0. The largest absolute Gasteiger partial charge is 0.383 e. The highest BCUT2D eigenvalue weighted by Crippen LogP contribution is 2.35. The van der Waals surface area contributed by atoms with Crippen LogP contribution in [0.5, 0.6) is 0 Å². The molecule has 29 heavy (non-hydrogen) atoms. The molecule has 0 N–H and O–H groups in total. The molecular formula is C21H28N4O4. The molecule has 156 valence electrons. The number of nitrogens with zero attached hydrogens (tertiary/aromatic N) is 4. The number of urea groups is 1. The summed E-state index contributed by atoms with van der Waals surface area (Å²) in [7, 11) is 4.71. The minimum Gasteiger partial charge on any atom is -0.383 e. The number of fused-ring (bicyclic) bond motifs is 1. The number of para-hydroxylation sites is 1. The number of benzene rings is 1. The molecular weight excluding hydrogens is 372 g/mol. The quantitative estimate of drug-likeness (QED) is 0.726. The monoisotopic (exact) mass is 400 g/mol. The average Bonchev–Trinajstić information content (AvgIpc) is 3.10. The maximum absolute atomic E-state index is 13.6. The molecule has 1 aromatic rings. The molecule has 2 aliphatic heterocycles. The molecule has 2 unspecified atom stereocenters. The van der Waals surface area contributed by atoms with Crippen molar-refractivity contribution in [3.05, 3.63) is 41.6 Å². The summed E-state index contributed by atoms with van der Waals surface area (Å²) in [5.74, 6) is -1.08. The van der Waals surface area contributed by atoms with Gasteiger partial charge in [0.25, 0.3) is 5.91 Å². The lowest BCUT2D eigenvalue weighted by molar-refractivity contribution is -0.137. The van der Waals surface area contributed by atoms with Gasteiger partial charge in [-0.05, 0) is 31.6 Å². The number of hydrogen-bond donors (Lipinski definition) is 0. The third-order valence-electron chi connectivity index (χ3n) is 5.61. The topological polar surface area (TPSA) is 73.4 Å². The number of amides is 4. The summed E-state index contributed by atoms with van der Waals surface area (Å²) < 4.78 is 5.22. The van der Waals surface area contributed by atoms with Crippen LogP contribution in [0.15, 0.2) is 36.0 Å². The number of carbonyl (C=O) groups is 3. The molecule has 1 aromatic carbocycles. The number of methoxy groups -OCH3 is 1. The highest BCUT2D eigenvalue weighted by molar-refractivity contribution is 6.08. The van der Waals surface area contributed by atoms with Gasteiger partial charge in [0, 0.05) is 40.0 Å². The molecule has 4 amide bonds. The second-order valence-electron chi connectivity index (χ2n) is 7.30. The van der Waals surface area contributed by atoms with Crippen LogP contribution in [0.2, 0.25) is 0 Å². The van der Waals surface area contributed by atoms with Gasteiger partial charge in [0.1, 0.15) is 11.9 Å². The molecule has 2 aliphatic rings. The maximum atomic E-state index is 13.6. The fraction of sp³-hybridized carbons (Fsp3) is 0.476. The first-order valence-corrected chi connectivity index (χ1v) is 9.72. The molecule has 1 fully saturated rings. The van der Waals surface area contributed by atoms with Crippen LogP contribution in [0, 0.1) is 12.8 Å². The minimum absolute atomic E-state index is 0.191. The van der Waals surface area contributed by atoms with Crippen molar-refractivity contribution in [2.24, 2.45) is 5.92 Å². The van der Waals surface area contributed by atoms with E-state index in [0.29, 0.717) is 25.4 Å². The summed E-state index contributed by atoms with van der Waals surface area (Å²) >= 11 is 0. The Morgan fingerprint density at radius 1 is 1.21 bits per heavy atom. The van der Waals surface area contributed by atoms with Gasteiger partial charge in [-0.2, -0.15) is 0 Å². The fourth-order valence-electron chi connectivity index (χ4n) is 4.07. The lowest BCUT2D eigenvalue weighted by Gasteiger charge is -2.43. The lowest BCUT2D eigenvalue weighted by Crippen LogP contribution is -2.62. The molecule has 8 nitrogen and oxygen atoms in total. The van der Waals surface area contributed by atoms with Gasteiger partial charge < -0.3 is 19.4 Å². The van der Waals surface area contributed by atoms with E-state index in [9.17, 15) is 14.4 Å². The van der Waals surface area contributed by atoms with Crippen LogP contribution < -0.4 is 4.90 Å². The Morgan fingerprint density at radius 2 is 1.90 bits per heavy atom. The van der Waals surface area contributed by atoms with Crippen molar-refractivity contribution >= 4 is 23.5 Å². The zero-order valence-corrected chi connectivity index (χ0v) is 17.6. The van der Waals surface area contributed by atoms with Crippen molar-refractivity contribution in [2.75, 3.05) is 45.8 Å². The number of likely N-dealkylation sites (N-methyl/N-ethyl adjacent to an activating group) is 1. The summed E-state index contributed by atoms with van der Waals surface area (Å²) in [6.45, 7) is 5.13. The molecule has 1 saturated heterocycles. The van der Waals surface area contributed by atoms with Crippen LogP contribution in [-0.2, 0) is 14.3 Å². The molecule has 0 radical (unpaired) electrons. The third kappa shape index (κ3) is 3.48. The Hall–Kier alpha value is -2.87. The Bertz CT molecular complexity index is 853. The number of ether oxygens (including phenoxy) is 1. The van der Waals surface area contributed by atoms with Gasteiger partial charge in [0.2, 0.25) is 5.91 Å².